The fourth-order valence-corrected chi connectivity index (χ4v) is 3.76. The van der Waals surface area contributed by atoms with Crippen LogP contribution in [0, 0.1) is 28.6 Å². The Bertz CT molecular complexity index is 790. The fourth-order valence-electron chi connectivity index (χ4n) is 3.76. The van der Waals surface area contributed by atoms with Crippen molar-refractivity contribution in [2.24, 2.45) is 5.92 Å². The normalized spacial score (nSPS) is 17.1. The zero-order valence-corrected chi connectivity index (χ0v) is 14.7. The van der Waals surface area contributed by atoms with Gasteiger partial charge in [-0.3, -0.25) is 0 Å². The van der Waals surface area contributed by atoms with Gasteiger partial charge in [-0.05, 0) is 62.0 Å². The molecule has 1 fully saturated rings. The number of H-pyrrole nitrogens is 1. The first-order valence-electron chi connectivity index (χ1n) is 8.89. The zero-order chi connectivity index (χ0) is 17.6. The lowest BCUT2D eigenvalue weighted by atomic mass is 9.88. The largest absolute Gasteiger partial charge is 0.497 e. The van der Waals surface area contributed by atoms with E-state index >= 15 is 0 Å². The molecule has 0 aliphatic carbocycles. The van der Waals surface area contributed by atoms with Gasteiger partial charge in [-0.15, -0.1) is 0 Å². The number of hydrogen-bond acceptors (Lipinski definition) is 4. The van der Waals surface area contributed by atoms with E-state index in [1.165, 1.54) is 10.9 Å². The summed E-state index contributed by atoms with van der Waals surface area (Å²) in [5.41, 5.74) is 2.52. The lowest BCUT2D eigenvalue weighted by molar-refractivity contribution is 0.194. The molecule has 2 heterocycles. The van der Waals surface area contributed by atoms with Crippen LogP contribution in [0.25, 0.3) is 10.9 Å². The molecule has 0 radical (unpaired) electrons. The molecule has 2 aromatic rings. The van der Waals surface area contributed by atoms with Crippen LogP contribution in [0.15, 0.2) is 24.4 Å². The molecular formula is C20H24N4O. The van der Waals surface area contributed by atoms with Gasteiger partial charge >= 0.3 is 0 Å². The van der Waals surface area contributed by atoms with E-state index < -0.39 is 0 Å². The maximum Gasteiger partial charge on any atom is 0.119 e. The first kappa shape index (κ1) is 17.3. The van der Waals surface area contributed by atoms with Crippen LogP contribution in [-0.2, 0) is 0 Å². The summed E-state index contributed by atoms with van der Waals surface area (Å²) in [5.74, 6) is 1.39. The van der Waals surface area contributed by atoms with E-state index in [0.717, 1.165) is 43.7 Å². The maximum absolute atomic E-state index is 9.25. The Kier molecular flexibility index (Phi) is 5.58. The van der Waals surface area contributed by atoms with Gasteiger partial charge in [-0.1, -0.05) is 0 Å². The number of nitriles is 2. The van der Waals surface area contributed by atoms with Crippen molar-refractivity contribution in [1.29, 1.82) is 10.5 Å². The van der Waals surface area contributed by atoms with Crippen LogP contribution in [0.2, 0.25) is 0 Å². The van der Waals surface area contributed by atoms with Gasteiger partial charge in [0.15, 0.2) is 0 Å². The average Bonchev–Trinajstić information content (AvgIpc) is 3.08. The molecule has 1 aliphatic rings. The van der Waals surface area contributed by atoms with Crippen molar-refractivity contribution in [1.82, 2.24) is 9.88 Å². The van der Waals surface area contributed by atoms with Crippen LogP contribution in [0.5, 0.6) is 5.75 Å². The van der Waals surface area contributed by atoms with Crippen molar-refractivity contribution in [3.05, 3.63) is 30.0 Å². The number of fused-ring (bicyclic) bond motifs is 1. The molecule has 1 aromatic carbocycles. The summed E-state index contributed by atoms with van der Waals surface area (Å²) in [7, 11) is 1.70. The van der Waals surface area contributed by atoms with Crippen molar-refractivity contribution in [3.8, 4) is 17.9 Å². The first-order chi connectivity index (χ1) is 12.2. The molecule has 1 aromatic heterocycles. The monoisotopic (exact) mass is 336 g/mol. The molecule has 0 amide bonds. The minimum absolute atomic E-state index is 0.0338. The van der Waals surface area contributed by atoms with Gasteiger partial charge in [-0.2, -0.15) is 10.5 Å². The molecule has 25 heavy (non-hydrogen) atoms. The fraction of sp³-hybridized carbons (Fsp3) is 0.500. The molecule has 130 valence electrons. The van der Waals surface area contributed by atoms with Crippen LogP contribution in [0.4, 0.5) is 0 Å². The van der Waals surface area contributed by atoms with E-state index in [2.05, 4.69) is 40.4 Å². The highest BCUT2D eigenvalue weighted by atomic mass is 16.5. The summed E-state index contributed by atoms with van der Waals surface area (Å²) in [6, 6.07) is 10.6. The molecule has 3 rings (SSSR count). The topological polar surface area (TPSA) is 75.8 Å². The number of hydrogen-bond donors (Lipinski definition) is 1. The van der Waals surface area contributed by atoms with Crippen molar-refractivity contribution < 1.29 is 4.74 Å². The van der Waals surface area contributed by atoms with Crippen LogP contribution in [0.3, 0.4) is 0 Å². The average molecular weight is 336 g/mol. The third-order valence-electron chi connectivity index (χ3n) is 5.21. The lowest BCUT2D eigenvalue weighted by Crippen LogP contribution is -2.36. The Hall–Kier alpha value is -2.50. The number of nitrogens with one attached hydrogen (secondary N) is 1. The molecule has 1 atom stereocenters. The van der Waals surface area contributed by atoms with E-state index in [1.54, 1.807) is 7.11 Å². The third kappa shape index (κ3) is 3.95. The number of nitrogens with zero attached hydrogens (tertiary/aromatic N) is 3. The number of piperidine rings is 1. The summed E-state index contributed by atoms with van der Waals surface area (Å²) in [5, 5.41) is 19.2. The quantitative estimate of drug-likeness (QED) is 0.870. The van der Waals surface area contributed by atoms with Gasteiger partial charge in [0.25, 0.3) is 0 Å². The minimum atomic E-state index is -0.0338. The summed E-state index contributed by atoms with van der Waals surface area (Å²) >= 11 is 0. The van der Waals surface area contributed by atoms with E-state index in [-0.39, 0.29) is 5.92 Å². The predicted molar refractivity (Wildman–Crippen MR) is 97.2 cm³/mol. The molecule has 1 saturated heterocycles. The first-order valence-corrected chi connectivity index (χ1v) is 8.89. The van der Waals surface area contributed by atoms with E-state index in [9.17, 15) is 5.26 Å². The number of likely N-dealkylation sites (tertiary alicyclic amines) is 1. The van der Waals surface area contributed by atoms with Crippen LogP contribution >= 0.6 is 0 Å². The SMILES string of the molecule is COc1ccc2[nH]cc(C3CCN(CC(C#N)CCC#N)CC3)c2c1. The van der Waals surface area contributed by atoms with Crippen LogP contribution < -0.4 is 4.74 Å². The van der Waals surface area contributed by atoms with Gasteiger partial charge in [0.2, 0.25) is 0 Å². The number of benzene rings is 1. The van der Waals surface area contributed by atoms with Crippen molar-refractivity contribution in [3.63, 3.8) is 0 Å². The molecule has 1 N–H and O–H groups in total. The molecule has 1 unspecified atom stereocenters. The molecule has 0 bridgehead atoms. The molecule has 0 spiro atoms. The van der Waals surface area contributed by atoms with Gasteiger partial charge in [0.05, 0.1) is 25.2 Å². The zero-order valence-electron chi connectivity index (χ0n) is 14.7. The third-order valence-corrected chi connectivity index (χ3v) is 5.21. The van der Waals surface area contributed by atoms with Crippen molar-refractivity contribution >= 4 is 10.9 Å². The molecular weight excluding hydrogens is 312 g/mol. The highest BCUT2D eigenvalue weighted by Crippen LogP contribution is 2.34. The predicted octanol–water partition coefficient (Wildman–Crippen LogP) is 3.80. The number of ether oxygens (including phenoxy) is 1. The second-order valence-electron chi connectivity index (χ2n) is 6.75. The Morgan fingerprint density at radius 2 is 2.12 bits per heavy atom. The standard InChI is InChI=1S/C20H24N4O/c1-25-17-4-5-20-18(11-17)19(13-23-20)16-6-9-24(10-7-16)14-15(12-22)3-2-8-21/h4-5,11,13,15-16,23H,2-3,6-7,9-10,14H2,1H3. The maximum atomic E-state index is 9.25. The summed E-state index contributed by atoms with van der Waals surface area (Å²) in [6.07, 6.45) is 5.47. The van der Waals surface area contributed by atoms with Crippen LogP contribution in [-0.4, -0.2) is 36.6 Å². The summed E-state index contributed by atoms with van der Waals surface area (Å²) < 4.78 is 5.36. The van der Waals surface area contributed by atoms with Crippen molar-refractivity contribution in [2.45, 2.75) is 31.6 Å². The lowest BCUT2D eigenvalue weighted by Gasteiger charge is -2.33. The highest BCUT2D eigenvalue weighted by Gasteiger charge is 2.24. The number of aromatic amines is 1. The Balaban J connectivity index is 1.63. The number of methoxy groups -OCH3 is 1. The summed E-state index contributed by atoms with van der Waals surface area (Å²) in [6.45, 7) is 2.80. The molecule has 0 saturated carbocycles. The van der Waals surface area contributed by atoms with Gasteiger partial charge < -0.3 is 14.6 Å². The van der Waals surface area contributed by atoms with Gasteiger partial charge in [0.1, 0.15) is 5.75 Å². The van der Waals surface area contributed by atoms with Crippen LogP contribution in [0.1, 0.15) is 37.2 Å². The summed E-state index contributed by atoms with van der Waals surface area (Å²) in [4.78, 5) is 5.74. The number of rotatable bonds is 6. The van der Waals surface area contributed by atoms with E-state index in [1.807, 2.05) is 6.07 Å². The van der Waals surface area contributed by atoms with E-state index in [0.29, 0.717) is 18.8 Å². The Morgan fingerprint density at radius 1 is 1.32 bits per heavy atom. The second kappa shape index (κ2) is 8.05. The highest BCUT2D eigenvalue weighted by molar-refractivity contribution is 5.85. The Labute approximate surface area is 148 Å². The molecule has 1 aliphatic heterocycles. The van der Waals surface area contributed by atoms with E-state index in [4.69, 9.17) is 10.00 Å². The Morgan fingerprint density at radius 3 is 2.80 bits per heavy atom. The number of aromatic nitrogens is 1. The van der Waals surface area contributed by atoms with Gasteiger partial charge in [0, 0.05) is 30.1 Å². The van der Waals surface area contributed by atoms with Gasteiger partial charge in [-0.25, -0.2) is 0 Å². The van der Waals surface area contributed by atoms with Crippen molar-refractivity contribution in [2.75, 3.05) is 26.7 Å². The smallest absolute Gasteiger partial charge is 0.119 e. The molecule has 5 nitrogen and oxygen atoms in total. The molecule has 5 heteroatoms. The minimum Gasteiger partial charge on any atom is -0.497 e. The second-order valence-corrected chi connectivity index (χ2v) is 6.75.